The molecule has 1 aromatic heterocycles. The molecule has 112 valence electrons. The van der Waals surface area contributed by atoms with Crippen LogP contribution in [-0.4, -0.2) is 24.0 Å². The van der Waals surface area contributed by atoms with Gasteiger partial charge in [0.25, 0.3) is 0 Å². The third-order valence-corrected chi connectivity index (χ3v) is 4.20. The molecule has 0 spiro atoms. The number of aromatic nitrogens is 1. The second kappa shape index (κ2) is 7.31. The number of rotatable bonds is 6. The molecule has 0 unspecified atom stereocenters. The molecule has 21 heavy (non-hydrogen) atoms. The molecule has 2 rings (SSSR count). The van der Waals surface area contributed by atoms with Gasteiger partial charge >= 0.3 is 0 Å². The molecule has 0 saturated carbocycles. The smallest absolute Gasteiger partial charge is 0.221 e. The molecule has 1 amide bonds. The summed E-state index contributed by atoms with van der Waals surface area (Å²) in [6.45, 7) is 2.91. The summed E-state index contributed by atoms with van der Waals surface area (Å²) in [5.41, 5.74) is 16.3. The maximum absolute atomic E-state index is 11.6. The predicted octanol–water partition coefficient (Wildman–Crippen LogP) is 1.58. The number of benzene rings is 1. The fourth-order valence-electron chi connectivity index (χ4n) is 2.06. The molecule has 0 aliphatic heterocycles. The molecular weight excluding hydrogens is 284 g/mol. The van der Waals surface area contributed by atoms with Crippen LogP contribution >= 0.6 is 11.3 Å². The van der Waals surface area contributed by atoms with Gasteiger partial charge in [0.15, 0.2) is 0 Å². The number of nitrogens with zero attached hydrogens (tertiary/aromatic N) is 1. The molecule has 5 nitrogen and oxygen atoms in total. The van der Waals surface area contributed by atoms with E-state index in [0.717, 1.165) is 21.7 Å². The van der Waals surface area contributed by atoms with Crippen molar-refractivity contribution in [2.75, 3.05) is 13.1 Å². The van der Waals surface area contributed by atoms with Crippen LogP contribution in [0.3, 0.4) is 0 Å². The van der Waals surface area contributed by atoms with E-state index in [2.05, 4.69) is 10.3 Å². The average molecular weight is 304 g/mol. The van der Waals surface area contributed by atoms with Crippen LogP contribution in [0.25, 0.3) is 10.4 Å². The van der Waals surface area contributed by atoms with Crippen molar-refractivity contribution in [3.63, 3.8) is 0 Å². The predicted molar refractivity (Wildman–Crippen MR) is 85.9 cm³/mol. The summed E-state index contributed by atoms with van der Waals surface area (Å²) < 4.78 is 0. The van der Waals surface area contributed by atoms with E-state index in [1.807, 2.05) is 36.7 Å². The molecule has 2 aromatic rings. The summed E-state index contributed by atoms with van der Waals surface area (Å²) in [4.78, 5) is 17.0. The maximum Gasteiger partial charge on any atom is 0.221 e. The largest absolute Gasteiger partial charge is 0.355 e. The molecule has 0 radical (unpaired) electrons. The van der Waals surface area contributed by atoms with E-state index < -0.39 is 0 Å². The molecule has 0 saturated heterocycles. The number of nitrogens with one attached hydrogen (secondary N) is 1. The van der Waals surface area contributed by atoms with Gasteiger partial charge in [0.2, 0.25) is 5.91 Å². The number of carbonyl (C=O) groups excluding carboxylic acids is 1. The molecule has 6 heteroatoms. The van der Waals surface area contributed by atoms with Crippen LogP contribution in [-0.2, 0) is 4.79 Å². The normalized spacial score (nSPS) is 12.1. The zero-order chi connectivity index (χ0) is 15.2. The lowest BCUT2D eigenvalue weighted by Gasteiger charge is -2.12. The van der Waals surface area contributed by atoms with Crippen molar-refractivity contribution in [2.24, 2.45) is 11.5 Å². The van der Waals surface area contributed by atoms with Crippen LogP contribution in [0.1, 0.15) is 23.7 Å². The summed E-state index contributed by atoms with van der Waals surface area (Å²) in [5, 5.41) is 2.72. The first kappa shape index (κ1) is 15.6. The highest BCUT2D eigenvalue weighted by atomic mass is 32.1. The van der Waals surface area contributed by atoms with E-state index in [-0.39, 0.29) is 18.4 Å². The number of carbonyl (C=O) groups is 1. The van der Waals surface area contributed by atoms with E-state index in [1.165, 1.54) is 0 Å². The van der Waals surface area contributed by atoms with Gasteiger partial charge in [-0.05, 0) is 18.1 Å². The second-order valence-electron chi connectivity index (χ2n) is 4.84. The Morgan fingerprint density at radius 1 is 1.38 bits per heavy atom. The highest BCUT2D eigenvalue weighted by molar-refractivity contribution is 7.13. The van der Waals surface area contributed by atoms with Crippen molar-refractivity contribution in [1.82, 2.24) is 10.3 Å². The summed E-state index contributed by atoms with van der Waals surface area (Å²) in [6.07, 6.45) is 0.263. The van der Waals surface area contributed by atoms with Gasteiger partial charge in [-0.2, -0.15) is 0 Å². The van der Waals surface area contributed by atoms with Gasteiger partial charge < -0.3 is 16.8 Å². The fraction of sp³-hybridized carbons (Fsp3) is 0.333. The SMILES string of the molecule is Cc1ncsc1-c1ccc([C@@H](N)CC(=O)NCCN)cc1. The Labute approximate surface area is 128 Å². The van der Waals surface area contributed by atoms with Crippen molar-refractivity contribution >= 4 is 17.2 Å². The Bertz CT molecular complexity index is 594. The van der Waals surface area contributed by atoms with Gasteiger partial charge in [-0.1, -0.05) is 24.3 Å². The zero-order valence-electron chi connectivity index (χ0n) is 12.0. The Kier molecular flexibility index (Phi) is 5.44. The molecule has 1 atom stereocenters. The van der Waals surface area contributed by atoms with E-state index in [1.54, 1.807) is 11.3 Å². The van der Waals surface area contributed by atoms with Crippen molar-refractivity contribution in [3.05, 3.63) is 41.0 Å². The number of aryl methyl sites for hydroxylation is 1. The Morgan fingerprint density at radius 2 is 2.10 bits per heavy atom. The van der Waals surface area contributed by atoms with Gasteiger partial charge in [-0.3, -0.25) is 4.79 Å². The van der Waals surface area contributed by atoms with Gasteiger partial charge in [0.05, 0.1) is 16.1 Å². The molecular formula is C15H20N4OS. The van der Waals surface area contributed by atoms with Crippen LogP contribution in [0, 0.1) is 6.92 Å². The summed E-state index contributed by atoms with van der Waals surface area (Å²) in [6, 6.07) is 7.67. The third kappa shape index (κ3) is 4.10. The number of nitrogens with two attached hydrogens (primary N) is 2. The minimum absolute atomic E-state index is 0.0738. The molecule has 0 fully saturated rings. The number of thiazole rings is 1. The van der Waals surface area contributed by atoms with Crippen molar-refractivity contribution < 1.29 is 4.79 Å². The number of amides is 1. The maximum atomic E-state index is 11.6. The van der Waals surface area contributed by atoms with Crippen molar-refractivity contribution in [2.45, 2.75) is 19.4 Å². The number of hydrogen-bond donors (Lipinski definition) is 3. The van der Waals surface area contributed by atoms with Crippen LogP contribution in [0.15, 0.2) is 29.8 Å². The highest BCUT2D eigenvalue weighted by Crippen LogP contribution is 2.28. The molecule has 0 aliphatic carbocycles. The summed E-state index contributed by atoms with van der Waals surface area (Å²) in [7, 11) is 0. The van der Waals surface area contributed by atoms with Gasteiger partial charge in [0, 0.05) is 25.6 Å². The van der Waals surface area contributed by atoms with Gasteiger partial charge in [-0.15, -0.1) is 11.3 Å². The molecule has 1 heterocycles. The number of hydrogen-bond acceptors (Lipinski definition) is 5. The third-order valence-electron chi connectivity index (χ3n) is 3.22. The average Bonchev–Trinajstić information content (AvgIpc) is 2.91. The van der Waals surface area contributed by atoms with Gasteiger partial charge in [-0.25, -0.2) is 4.98 Å². The zero-order valence-corrected chi connectivity index (χ0v) is 12.8. The Balaban J connectivity index is 2.02. The van der Waals surface area contributed by atoms with Crippen molar-refractivity contribution in [1.29, 1.82) is 0 Å². The minimum atomic E-state index is -0.306. The van der Waals surface area contributed by atoms with E-state index in [4.69, 9.17) is 11.5 Å². The van der Waals surface area contributed by atoms with Crippen LogP contribution in [0.4, 0.5) is 0 Å². The Hall–Kier alpha value is -1.76. The van der Waals surface area contributed by atoms with Crippen LogP contribution < -0.4 is 16.8 Å². The van der Waals surface area contributed by atoms with Crippen LogP contribution in [0.5, 0.6) is 0 Å². The second-order valence-corrected chi connectivity index (χ2v) is 5.69. The van der Waals surface area contributed by atoms with E-state index in [0.29, 0.717) is 13.1 Å². The van der Waals surface area contributed by atoms with Crippen molar-refractivity contribution in [3.8, 4) is 10.4 Å². The lowest BCUT2D eigenvalue weighted by atomic mass is 10.0. The fourth-order valence-corrected chi connectivity index (χ4v) is 2.87. The molecule has 5 N–H and O–H groups in total. The summed E-state index contributed by atoms with van der Waals surface area (Å²) >= 11 is 1.62. The minimum Gasteiger partial charge on any atom is -0.355 e. The van der Waals surface area contributed by atoms with E-state index in [9.17, 15) is 4.79 Å². The monoisotopic (exact) mass is 304 g/mol. The first-order chi connectivity index (χ1) is 10.1. The lowest BCUT2D eigenvalue weighted by molar-refractivity contribution is -0.121. The molecule has 0 aliphatic rings. The van der Waals surface area contributed by atoms with E-state index >= 15 is 0 Å². The quantitative estimate of drug-likeness (QED) is 0.755. The van der Waals surface area contributed by atoms with Crippen LogP contribution in [0.2, 0.25) is 0 Å². The standard InChI is InChI=1S/C15H20N4OS/c1-10-15(21-9-19-10)12-4-2-11(3-5-12)13(17)8-14(20)18-7-6-16/h2-5,9,13H,6-8,16-17H2,1H3,(H,18,20)/t13-/m0/s1. The van der Waals surface area contributed by atoms with Gasteiger partial charge in [0.1, 0.15) is 0 Å². The first-order valence-corrected chi connectivity index (χ1v) is 7.72. The Morgan fingerprint density at radius 3 is 2.67 bits per heavy atom. The topological polar surface area (TPSA) is 94.0 Å². The molecule has 0 bridgehead atoms. The first-order valence-electron chi connectivity index (χ1n) is 6.84. The highest BCUT2D eigenvalue weighted by Gasteiger charge is 2.12. The lowest BCUT2D eigenvalue weighted by Crippen LogP contribution is -2.31. The molecule has 1 aromatic carbocycles. The summed E-state index contributed by atoms with van der Waals surface area (Å²) in [5.74, 6) is -0.0738.